The third-order valence-corrected chi connectivity index (χ3v) is 5.05. The molecular formula is C18H11Cl2F2NO2S. The van der Waals surface area contributed by atoms with Crippen molar-refractivity contribution in [1.82, 2.24) is 0 Å². The molecule has 134 valence electrons. The number of rotatable bonds is 5. The zero-order valence-corrected chi connectivity index (χ0v) is 15.4. The van der Waals surface area contributed by atoms with Gasteiger partial charge in [0.25, 0.3) is 5.91 Å². The summed E-state index contributed by atoms with van der Waals surface area (Å²) < 4.78 is 31.9. The van der Waals surface area contributed by atoms with Crippen LogP contribution in [0.25, 0.3) is 0 Å². The molecule has 0 radical (unpaired) electrons. The van der Waals surface area contributed by atoms with E-state index in [1.807, 2.05) is 0 Å². The molecule has 8 heteroatoms. The fourth-order valence-corrected chi connectivity index (χ4v) is 3.39. The molecule has 0 atom stereocenters. The van der Waals surface area contributed by atoms with Gasteiger partial charge in [0, 0.05) is 27.4 Å². The minimum absolute atomic E-state index is 0.0840. The van der Waals surface area contributed by atoms with Crippen LogP contribution in [-0.4, -0.2) is 5.91 Å². The van der Waals surface area contributed by atoms with Crippen molar-refractivity contribution in [3.63, 3.8) is 0 Å². The fourth-order valence-electron chi connectivity index (χ4n) is 2.16. The van der Waals surface area contributed by atoms with Gasteiger partial charge in [-0.2, -0.15) is 0 Å². The van der Waals surface area contributed by atoms with E-state index in [1.54, 1.807) is 29.6 Å². The lowest BCUT2D eigenvalue weighted by molar-refractivity contribution is 0.102. The zero-order valence-electron chi connectivity index (χ0n) is 13.1. The molecule has 1 heterocycles. The summed E-state index contributed by atoms with van der Waals surface area (Å²) in [6.07, 6.45) is 0. The molecule has 1 aromatic heterocycles. The van der Waals surface area contributed by atoms with Crippen molar-refractivity contribution in [2.24, 2.45) is 0 Å². The van der Waals surface area contributed by atoms with Crippen molar-refractivity contribution in [3.8, 4) is 5.75 Å². The Balaban J connectivity index is 1.73. The molecule has 0 saturated heterocycles. The lowest BCUT2D eigenvalue weighted by Gasteiger charge is -2.10. The highest BCUT2D eigenvalue weighted by atomic mass is 35.5. The summed E-state index contributed by atoms with van der Waals surface area (Å²) in [5.74, 6) is -2.18. The second-order valence-corrected chi connectivity index (χ2v) is 6.92. The first-order chi connectivity index (χ1) is 12.5. The third-order valence-electron chi connectivity index (χ3n) is 3.45. The van der Waals surface area contributed by atoms with E-state index in [2.05, 4.69) is 5.32 Å². The van der Waals surface area contributed by atoms with Gasteiger partial charge in [-0.05, 0) is 35.7 Å². The predicted octanol–water partition coefficient (Wildman–Crippen LogP) is 6.16. The maximum atomic E-state index is 13.3. The Hall–Kier alpha value is -2.15. The average molecular weight is 414 g/mol. The minimum atomic E-state index is -1.04. The van der Waals surface area contributed by atoms with E-state index in [1.165, 1.54) is 6.07 Å². The highest BCUT2D eigenvalue weighted by Crippen LogP contribution is 2.30. The summed E-state index contributed by atoms with van der Waals surface area (Å²) in [4.78, 5) is 12.7. The summed E-state index contributed by atoms with van der Waals surface area (Å²) in [6.45, 7) is 0.0840. The van der Waals surface area contributed by atoms with E-state index in [4.69, 9.17) is 27.9 Å². The number of carbonyl (C=O) groups excluding carboxylic acids is 1. The zero-order chi connectivity index (χ0) is 18.7. The van der Waals surface area contributed by atoms with E-state index in [-0.39, 0.29) is 17.2 Å². The molecule has 0 bridgehead atoms. The van der Waals surface area contributed by atoms with Crippen LogP contribution in [0.3, 0.4) is 0 Å². The molecule has 0 aliphatic carbocycles. The number of hydrogen-bond acceptors (Lipinski definition) is 3. The number of benzene rings is 2. The number of amides is 1. The Kier molecular flexibility index (Phi) is 5.76. The second-order valence-electron chi connectivity index (χ2n) is 5.19. The monoisotopic (exact) mass is 413 g/mol. The van der Waals surface area contributed by atoms with E-state index in [0.29, 0.717) is 21.4 Å². The van der Waals surface area contributed by atoms with Gasteiger partial charge >= 0.3 is 0 Å². The van der Waals surface area contributed by atoms with Crippen molar-refractivity contribution in [3.05, 3.63) is 80.0 Å². The molecule has 0 unspecified atom stereocenters. The summed E-state index contributed by atoms with van der Waals surface area (Å²) in [5, 5.41) is 5.11. The number of hydrogen-bond donors (Lipinski definition) is 1. The van der Waals surface area contributed by atoms with Crippen LogP contribution in [0.2, 0.25) is 10.0 Å². The molecule has 3 aromatic rings. The quantitative estimate of drug-likeness (QED) is 0.543. The Morgan fingerprint density at radius 3 is 2.50 bits per heavy atom. The second kappa shape index (κ2) is 8.03. The third kappa shape index (κ3) is 4.15. The summed E-state index contributed by atoms with van der Waals surface area (Å²) in [7, 11) is 0. The van der Waals surface area contributed by atoms with Crippen molar-refractivity contribution in [1.29, 1.82) is 0 Å². The molecule has 0 spiro atoms. The highest BCUT2D eigenvalue weighted by molar-refractivity contribution is 7.12. The number of carbonyl (C=O) groups is 1. The normalized spacial score (nSPS) is 10.6. The first-order valence-corrected chi connectivity index (χ1v) is 8.99. The molecular weight excluding hydrogens is 403 g/mol. The van der Waals surface area contributed by atoms with Gasteiger partial charge in [-0.15, -0.1) is 11.3 Å². The molecule has 0 aliphatic heterocycles. The molecule has 26 heavy (non-hydrogen) atoms. The Bertz CT molecular complexity index is 942. The van der Waals surface area contributed by atoms with Crippen LogP contribution >= 0.6 is 34.5 Å². The lowest BCUT2D eigenvalue weighted by atomic mass is 10.2. The Morgan fingerprint density at radius 1 is 1.08 bits per heavy atom. The van der Waals surface area contributed by atoms with Gasteiger partial charge in [-0.25, -0.2) is 8.78 Å². The SMILES string of the molecule is O=C(Nc1ccc(F)c(F)c1)c1sccc1OCc1c(Cl)cccc1Cl. The molecule has 3 rings (SSSR count). The maximum Gasteiger partial charge on any atom is 0.269 e. The van der Waals surface area contributed by atoms with Crippen molar-refractivity contribution < 1.29 is 18.3 Å². The van der Waals surface area contributed by atoms with Gasteiger partial charge < -0.3 is 10.1 Å². The molecule has 0 aliphatic rings. The topological polar surface area (TPSA) is 38.3 Å². The standard InChI is InChI=1S/C18H11Cl2F2NO2S/c19-12-2-1-3-13(20)11(12)9-25-16-6-7-26-17(16)18(24)23-10-4-5-14(21)15(22)8-10/h1-8H,9H2,(H,23,24). The van der Waals surface area contributed by atoms with E-state index >= 15 is 0 Å². The van der Waals surface area contributed by atoms with Gasteiger partial charge in [0.05, 0.1) is 0 Å². The Morgan fingerprint density at radius 2 is 1.81 bits per heavy atom. The van der Waals surface area contributed by atoms with Crippen LogP contribution in [0.1, 0.15) is 15.2 Å². The first kappa shape index (κ1) is 18.6. The van der Waals surface area contributed by atoms with Crippen molar-refractivity contribution in [2.45, 2.75) is 6.61 Å². The van der Waals surface area contributed by atoms with Crippen LogP contribution in [0.15, 0.2) is 47.8 Å². The molecule has 2 aromatic carbocycles. The molecule has 0 saturated carbocycles. The number of halogens is 4. The maximum absolute atomic E-state index is 13.3. The van der Waals surface area contributed by atoms with Crippen LogP contribution < -0.4 is 10.1 Å². The number of anilines is 1. The van der Waals surface area contributed by atoms with Gasteiger partial charge in [-0.3, -0.25) is 4.79 Å². The van der Waals surface area contributed by atoms with E-state index in [9.17, 15) is 13.6 Å². The van der Waals surface area contributed by atoms with Crippen molar-refractivity contribution in [2.75, 3.05) is 5.32 Å². The van der Waals surface area contributed by atoms with Crippen LogP contribution in [0, 0.1) is 11.6 Å². The smallest absolute Gasteiger partial charge is 0.269 e. The van der Waals surface area contributed by atoms with Gasteiger partial charge in [0.1, 0.15) is 17.2 Å². The minimum Gasteiger partial charge on any atom is -0.487 e. The number of thiophene rings is 1. The lowest BCUT2D eigenvalue weighted by Crippen LogP contribution is -2.12. The first-order valence-electron chi connectivity index (χ1n) is 7.35. The summed E-state index contributed by atoms with van der Waals surface area (Å²) in [6, 6.07) is 9.86. The van der Waals surface area contributed by atoms with E-state index in [0.717, 1.165) is 23.5 Å². The molecule has 3 nitrogen and oxygen atoms in total. The molecule has 1 amide bonds. The average Bonchev–Trinajstić information content (AvgIpc) is 3.06. The molecule has 0 fully saturated rings. The van der Waals surface area contributed by atoms with Crippen LogP contribution in [0.4, 0.5) is 14.5 Å². The van der Waals surface area contributed by atoms with Crippen LogP contribution in [0.5, 0.6) is 5.75 Å². The van der Waals surface area contributed by atoms with Gasteiger partial charge in [-0.1, -0.05) is 29.3 Å². The number of nitrogens with one attached hydrogen (secondary N) is 1. The van der Waals surface area contributed by atoms with Gasteiger partial charge in [0.15, 0.2) is 11.6 Å². The highest BCUT2D eigenvalue weighted by Gasteiger charge is 2.16. The van der Waals surface area contributed by atoms with Gasteiger partial charge in [0.2, 0.25) is 0 Å². The van der Waals surface area contributed by atoms with Crippen LogP contribution in [-0.2, 0) is 6.61 Å². The van der Waals surface area contributed by atoms with E-state index < -0.39 is 17.5 Å². The fraction of sp³-hybridized carbons (Fsp3) is 0.0556. The largest absolute Gasteiger partial charge is 0.487 e. The summed E-state index contributed by atoms with van der Waals surface area (Å²) in [5.41, 5.74) is 0.747. The summed E-state index contributed by atoms with van der Waals surface area (Å²) >= 11 is 13.4. The predicted molar refractivity (Wildman–Crippen MR) is 99.4 cm³/mol. The molecule has 1 N–H and O–H groups in total. The Labute approximate surface area is 162 Å². The number of ether oxygens (including phenoxy) is 1. The van der Waals surface area contributed by atoms with Crippen molar-refractivity contribution >= 4 is 46.1 Å².